The van der Waals surface area contributed by atoms with Crippen molar-refractivity contribution in [3.8, 4) is 0 Å². The molecule has 11 heteroatoms. The number of rotatable bonds is 30. The second-order valence-electron chi connectivity index (χ2n) is 6.34. The molecule has 0 atom stereocenters. The van der Waals surface area contributed by atoms with Gasteiger partial charge < -0.3 is 52.2 Å². The number of aldehydes is 1. The van der Waals surface area contributed by atoms with E-state index in [2.05, 4.69) is 0 Å². The minimum atomic E-state index is 0.104. The van der Waals surface area contributed by atoms with Crippen molar-refractivity contribution in [1.29, 1.82) is 0 Å². The molecule has 0 aromatic heterocycles. The van der Waals surface area contributed by atoms with Crippen LogP contribution >= 0.6 is 0 Å². The lowest BCUT2D eigenvalue weighted by Gasteiger charge is -2.08. The monoisotopic (exact) mass is 484 g/mol. The van der Waals surface area contributed by atoms with Crippen molar-refractivity contribution < 1.29 is 52.2 Å². The van der Waals surface area contributed by atoms with Gasteiger partial charge in [-0.15, -0.1) is 0 Å². The summed E-state index contributed by atoms with van der Waals surface area (Å²) in [6.45, 7) is 12.1. The Morgan fingerprint density at radius 2 is 0.576 bits per heavy atom. The van der Waals surface area contributed by atoms with Gasteiger partial charge in [0, 0.05) is 6.61 Å². The highest BCUT2D eigenvalue weighted by atomic mass is 16.6. The van der Waals surface area contributed by atoms with E-state index in [1.54, 1.807) is 0 Å². The maximum absolute atomic E-state index is 10.0. The summed E-state index contributed by atoms with van der Waals surface area (Å²) in [6, 6.07) is 0. The van der Waals surface area contributed by atoms with Crippen LogP contribution in [0.2, 0.25) is 0 Å². The topological polar surface area (TPSA) is 109 Å². The largest absolute Gasteiger partial charge is 0.379 e. The van der Waals surface area contributed by atoms with Crippen LogP contribution in [0.15, 0.2) is 0 Å². The highest BCUT2D eigenvalue weighted by Gasteiger charge is 1.95. The molecule has 11 nitrogen and oxygen atoms in total. The fourth-order valence-corrected chi connectivity index (χ4v) is 2.15. The first-order valence-corrected chi connectivity index (χ1v) is 11.6. The van der Waals surface area contributed by atoms with Gasteiger partial charge in [0.2, 0.25) is 0 Å². The van der Waals surface area contributed by atoms with Gasteiger partial charge in [-0.25, -0.2) is 0 Å². The average Bonchev–Trinajstić information content (AvgIpc) is 2.83. The molecular weight excluding hydrogens is 440 g/mol. The van der Waals surface area contributed by atoms with Crippen molar-refractivity contribution in [3.63, 3.8) is 0 Å². The van der Waals surface area contributed by atoms with E-state index in [0.29, 0.717) is 132 Å². The predicted molar refractivity (Wildman–Crippen MR) is 120 cm³/mol. The van der Waals surface area contributed by atoms with E-state index in [9.17, 15) is 4.79 Å². The van der Waals surface area contributed by atoms with E-state index >= 15 is 0 Å². The lowest BCUT2D eigenvalue weighted by molar-refractivity contribution is -0.112. The van der Waals surface area contributed by atoms with E-state index in [-0.39, 0.29) is 6.61 Å². The van der Waals surface area contributed by atoms with Gasteiger partial charge in [0.1, 0.15) is 12.9 Å². The molecule has 0 fully saturated rings. The Morgan fingerprint density at radius 1 is 0.364 bits per heavy atom. The molecule has 0 aromatic carbocycles. The molecule has 33 heavy (non-hydrogen) atoms. The van der Waals surface area contributed by atoms with Crippen LogP contribution in [-0.4, -0.2) is 138 Å². The lowest BCUT2D eigenvalue weighted by Crippen LogP contribution is -2.15. The third kappa shape index (κ3) is 31.3. The molecule has 0 heterocycles. The zero-order valence-electron chi connectivity index (χ0n) is 20.2. The number of ether oxygens (including phenoxy) is 10. The molecule has 0 spiro atoms. The minimum absolute atomic E-state index is 0.104. The van der Waals surface area contributed by atoms with Gasteiger partial charge >= 0.3 is 0 Å². The molecule has 0 radical (unpaired) electrons. The van der Waals surface area contributed by atoms with Gasteiger partial charge in [0.15, 0.2) is 0 Å². The Morgan fingerprint density at radius 3 is 0.788 bits per heavy atom. The van der Waals surface area contributed by atoms with Crippen LogP contribution in [0.4, 0.5) is 0 Å². The molecule has 0 rings (SSSR count). The fourth-order valence-electron chi connectivity index (χ4n) is 2.15. The Labute approximate surface area is 198 Å². The molecule has 0 N–H and O–H groups in total. The Bertz CT molecular complexity index is 361. The highest BCUT2D eigenvalue weighted by Crippen LogP contribution is 1.86. The van der Waals surface area contributed by atoms with Crippen LogP contribution in [0, 0.1) is 0 Å². The first kappa shape index (κ1) is 32.3. The maximum Gasteiger partial charge on any atom is 0.145 e. The van der Waals surface area contributed by atoms with E-state index in [4.69, 9.17) is 47.4 Å². The molecule has 198 valence electrons. The summed E-state index contributed by atoms with van der Waals surface area (Å²) in [6.07, 6.45) is 0.712. The van der Waals surface area contributed by atoms with Crippen molar-refractivity contribution >= 4 is 6.29 Å². The number of hydrogen-bond donors (Lipinski definition) is 0. The molecule has 0 bridgehead atoms. The summed E-state index contributed by atoms with van der Waals surface area (Å²) < 4.78 is 53.2. The standard InChI is InChI=1S/C22H44O11/c1-2-24-5-6-26-9-10-28-13-14-30-17-18-32-21-22-33-20-19-31-16-15-29-12-11-27-8-7-25-4-3-23/h3H,2,4-22H2,1H3. The molecular formula is C22H44O11. The number of hydrogen-bond acceptors (Lipinski definition) is 11. The summed E-state index contributed by atoms with van der Waals surface area (Å²) in [4.78, 5) is 10.0. The fraction of sp³-hybridized carbons (Fsp3) is 0.955. The summed E-state index contributed by atoms with van der Waals surface area (Å²) in [5.41, 5.74) is 0. The first-order valence-electron chi connectivity index (χ1n) is 11.6. The van der Waals surface area contributed by atoms with E-state index in [1.807, 2.05) is 6.92 Å². The minimum Gasteiger partial charge on any atom is -0.379 e. The number of carbonyl (C=O) groups excluding carboxylic acids is 1. The van der Waals surface area contributed by atoms with Crippen molar-refractivity contribution in [1.82, 2.24) is 0 Å². The van der Waals surface area contributed by atoms with E-state index < -0.39 is 0 Å². The van der Waals surface area contributed by atoms with Crippen LogP contribution in [0.5, 0.6) is 0 Å². The first-order chi connectivity index (χ1) is 16.4. The Balaban J connectivity index is 2.99. The number of carbonyl (C=O) groups is 1. The molecule has 0 amide bonds. The van der Waals surface area contributed by atoms with Gasteiger partial charge in [-0.05, 0) is 6.92 Å². The van der Waals surface area contributed by atoms with Gasteiger partial charge in [-0.2, -0.15) is 0 Å². The second kappa shape index (κ2) is 31.3. The van der Waals surface area contributed by atoms with Crippen molar-refractivity contribution in [2.24, 2.45) is 0 Å². The molecule has 0 unspecified atom stereocenters. The van der Waals surface area contributed by atoms with Crippen molar-refractivity contribution in [2.75, 3.05) is 132 Å². The van der Waals surface area contributed by atoms with Gasteiger partial charge in [0.25, 0.3) is 0 Å². The van der Waals surface area contributed by atoms with E-state index in [1.165, 1.54) is 0 Å². The second-order valence-corrected chi connectivity index (χ2v) is 6.34. The van der Waals surface area contributed by atoms with Crippen LogP contribution in [-0.2, 0) is 52.2 Å². The molecule has 0 saturated heterocycles. The quantitative estimate of drug-likeness (QED) is 0.104. The lowest BCUT2D eigenvalue weighted by atomic mass is 10.6. The molecule has 0 saturated carbocycles. The SMILES string of the molecule is CCOCCOCCOCCOCCOCCOCCOCCOCCOCCOCC=O. The van der Waals surface area contributed by atoms with E-state index in [0.717, 1.165) is 0 Å². The molecule has 0 aliphatic rings. The highest BCUT2D eigenvalue weighted by molar-refractivity contribution is 5.50. The summed E-state index contributed by atoms with van der Waals surface area (Å²) in [5.74, 6) is 0. The van der Waals surface area contributed by atoms with Crippen LogP contribution in [0.3, 0.4) is 0 Å². The maximum atomic E-state index is 10.0. The molecule has 0 aliphatic heterocycles. The zero-order valence-corrected chi connectivity index (χ0v) is 20.2. The zero-order chi connectivity index (χ0) is 23.9. The van der Waals surface area contributed by atoms with Crippen LogP contribution < -0.4 is 0 Å². The molecule has 0 aromatic rings. The van der Waals surface area contributed by atoms with Gasteiger partial charge in [0.05, 0.1) is 119 Å². The van der Waals surface area contributed by atoms with Gasteiger partial charge in [-0.3, -0.25) is 0 Å². The van der Waals surface area contributed by atoms with Crippen LogP contribution in [0.1, 0.15) is 6.92 Å². The third-order valence-corrected chi connectivity index (χ3v) is 3.74. The van der Waals surface area contributed by atoms with Crippen LogP contribution in [0.25, 0.3) is 0 Å². The summed E-state index contributed by atoms with van der Waals surface area (Å²) in [7, 11) is 0. The van der Waals surface area contributed by atoms with Crippen molar-refractivity contribution in [2.45, 2.75) is 6.92 Å². The Hall–Kier alpha value is -0.730. The molecule has 0 aliphatic carbocycles. The Kier molecular flexibility index (Phi) is 30.6. The smallest absolute Gasteiger partial charge is 0.145 e. The average molecular weight is 485 g/mol. The van der Waals surface area contributed by atoms with Gasteiger partial charge in [-0.1, -0.05) is 0 Å². The summed E-state index contributed by atoms with van der Waals surface area (Å²) in [5, 5.41) is 0. The third-order valence-electron chi connectivity index (χ3n) is 3.74. The normalized spacial score (nSPS) is 11.3. The van der Waals surface area contributed by atoms with Crippen molar-refractivity contribution in [3.05, 3.63) is 0 Å². The summed E-state index contributed by atoms with van der Waals surface area (Å²) >= 11 is 0. The predicted octanol–water partition coefficient (Wildman–Crippen LogP) is 0.371.